The summed E-state index contributed by atoms with van der Waals surface area (Å²) in [5.74, 6) is -10.2. The zero-order chi connectivity index (χ0) is 26.6. The van der Waals surface area contributed by atoms with Crippen molar-refractivity contribution in [1.29, 1.82) is 0 Å². The fourth-order valence-corrected chi connectivity index (χ4v) is 5.44. The van der Waals surface area contributed by atoms with Crippen molar-refractivity contribution in [2.24, 2.45) is 23.7 Å². The molecule has 4 N–H and O–H groups in total. The Morgan fingerprint density at radius 2 is 0.618 bits per heavy atom. The van der Waals surface area contributed by atoms with E-state index in [-0.39, 0.29) is 0 Å². The highest BCUT2D eigenvalue weighted by molar-refractivity contribution is 7.11. The van der Waals surface area contributed by atoms with E-state index in [9.17, 15) is 39.6 Å². The first-order chi connectivity index (χ1) is 15.4. The fraction of sp³-hybridized carbons (Fsp3) is 0.800. The molecule has 0 unspecified atom stereocenters. The van der Waals surface area contributed by atoms with E-state index < -0.39 is 84.0 Å². The fourth-order valence-electron chi connectivity index (χ4n) is 5.44. The summed E-state index contributed by atoms with van der Waals surface area (Å²) in [5.41, 5.74) is -9.67. The van der Waals surface area contributed by atoms with Gasteiger partial charge in [0.15, 0.2) is 22.4 Å². The minimum atomic E-state index is -2.42. The molecule has 190 valence electrons. The molecule has 2 aliphatic rings. The number of carbonyl (C=O) groups is 4. The minimum absolute atomic E-state index is 0.932. The van der Waals surface area contributed by atoms with Gasteiger partial charge in [-0.25, -0.2) is 19.2 Å². The number of hydrogen-bond acceptors (Lipinski definition) is 8. The quantitative estimate of drug-likeness (QED) is 0.340. The molecule has 2 rings (SSSR count). The second-order valence-corrected chi connectivity index (χ2v) is 9.99. The van der Waals surface area contributed by atoms with Gasteiger partial charge in [-0.3, -0.25) is 0 Å². The molecule has 2 saturated heterocycles. The van der Waals surface area contributed by atoms with Crippen molar-refractivity contribution in [2.75, 3.05) is 0 Å². The summed E-state index contributed by atoms with van der Waals surface area (Å²) < 4.78 is 23.0. The van der Waals surface area contributed by atoms with Gasteiger partial charge in [0.2, 0.25) is 0 Å². The average molecular weight is 486 g/mol. The Kier molecular flexibility index (Phi) is 7.28. The van der Waals surface area contributed by atoms with Crippen LogP contribution in [0.5, 0.6) is 0 Å². The summed E-state index contributed by atoms with van der Waals surface area (Å²) in [6.07, 6.45) is 0. The summed E-state index contributed by atoms with van der Waals surface area (Å²) in [5, 5.41) is 40.6. The Morgan fingerprint density at radius 1 is 0.471 bits per heavy atom. The monoisotopic (exact) mass is 486 g/mol. The minimum Gasteiger partial charge on any atom is -0.479 e. The van der Waals surface area contributed by atoms with Crippen molar-refractivity contribution in [3.05, 3.63) is 0 Å². The number of carboxylic acids is 4. The van der Waals surface area contributed by atoms with E-state index in [2.05, 4.69) is 0 Å². The SMILES string of the molecule is CC(C)[C@@]1(C(=O)O)OB(B2O[C@](C(=O)O)(C(C)C)[C@@](C(=O)O)(C(C)C)O2)O[C@]1(C(=O)O)C(C)C. The van der Waals surface area contributed by atoms with E-state index in [0.717, 1.165) is 0 Å². The van der Waals surface area contributed by atoms with Crippen LogP contribution in [0.4, 0.5) is 0 Å². The summed E-state index contributed by atoms with van der Waals surface area (Å²) in [6.45, 7) is 11.6. The molecule has 0 saturated carbocycles. The molecule has 2 aliphatic heterocycles. The van der Waals surface area contributed by atoms with Gasteiger partial charge in [0.1, 0.15) is 0 Å². The van der Waals surface area contributed by atoms with E-state index in [1.165, 1.54) is 55.4 Å². The molecule has 0 aromatic rings. The maximum atomic E-state index is 12.5. The molecule has 0 aromatic heterocycles. The molecular formula is C20H32B2O12. The Labute approximate surface area is 198 Å². The lowest BCUT2D eigenvalue weighted by Crippen LogP contribution is -2.67. The van der Waals surface area contributed by atoms with Crippen LogP contribution >= 0.6 is 0 Å². The Balaban J connectivity index is 2.76. The van der Waals surface area contributed by atoms with Crippen LogP contribution in [-0.4, -0.2) is 80.7 Å². The third kappa shape index (κ3) is 3.22. The van der Waals surface area contributed by atoms with Gasteiger partial charge in [-0.15, -0.1) is 0 Å². The van der Waals surface area contributed by atoms with Crippen LogP contribution in [-0.2, 0) is 37.8 Å². The van der Waals surface area contributed by atoms with E-state index in [1.807, 2.05) is 0 Å². The zero-order valence-electron chi connectivity index (χ0n) is 20.5. The van der Waals surface area contributed by atoms with E-state index in [0.29, 0.717) is 0 Å². The van der Waals surface area contributed by atoms with Crippen LogP contribution in [0.3, 0.4) is 0 Å². The lowest BCUT2D eigenvalue weighted by molar-refractivity contribution is -0.193. The summed E-state index contributed by atoms with van der Waals surface area (Å²) in [6, 6.07) is 0. The molecule has 0 aliphatic carbocycles. The molecule has 34 heavy (non-hydrogen) atoms. The van der Waals surface area contributed by atoms with Gasteiger partial charge >= 0.3 is 37.9 Å². The predicted octanol–water partition coefficient (Wildman–Crippen LogP) is 1.05. The van der Waals surface area contributed by atoms with Crippen molar-refractivity contribution in [3.8, 4) is 0 Å². The lowest BCUT2D eigenvalue weighted by atomic mass is 9.49. The molecule has 4 atom stereocenters. The van der Waals surface area contributed by atoms with Gasteiger partial charge in [0, 0.05) is 0 Å². The Morgan fingerprint density at radius 3 is 0.706 bits per heavy atom. The Bertz CT molecular complexity index is 738. The topological polar surface area (TPSA) is 186 Å². The van der Waals surface area contributed by atoms with Crippen LogP contribution in [0.25, 0.3) is 0 Å². The highest BCUT2D eigenvalue weighted by Gasteiger charge is 2.81. The van der Waals surface area contributed by atoms with Crippen molar-refractivity contribution < 1.29 is 58.2 Å². The molecule has 0 aromatic carbocycles. The molecule has 2 fully saturated rings. The number of hydrogen-bond donors (Lipinski definition) is 4. The highest BCUT2D eigenvalue weighted by atomic mass is 16.7. The van der Waals surface area contributed by atoms with Crippen molar-refractivity contribution in [1.82, 2.24) is 0 Å². The predicted molar refractivity (Wildman–Crippen MR) is 117 cm³/mol. The van der Waals surface area contributed by atoms with Gasteiger partial charge in [0.05, 0.1) is 0 Å². The van der Waals surface area contributed by atoms with Crippen LogP contribution < -0.4 is 0 Å². The third-order valence-electron chi connectivity index (χ3n) is 7.06. The van der Waals surface area contributed by atoms with E-state index in [1.54, 1.807) is 0 Å². The van der Waals surface area contributed by atoms with E-state index >= 15 is 0 Å². The smallest absolute Gasteiger partial charge is 0.479 e. The lowest BCUT2D eigenvalue weighted by Gasteiger charge is -2.43. The van der Waals surface area contributed by atoms with Crippen LogP contribution in [0.1, 0.15) is 55.4 Å². The molecule has 12 nitrogen and oxygen atoms in total. The maximum absolute atomic E-state index is 12.5. The standard InChI is InChI=1S/C20H32B2O12/c1-9(2)17(13(23)24)18(10(3)4,14(25)26)32-21(31-17)22-33-19(11(5)6,15(27)28)20(34-22,12(7)8)16(29)30/h9-12H,1-8H3,(H,23,24)(H,25,26)(H,27,28)(H,29,30)/t17-,18-,19-,20-/m0/s1. The molecule has 0 amide bonds. The van der Waals surface area contributed by atoms with Crippen LogP contribution in [0.15, 0.2) is 0 Å². The number of carboxylic acid groups (broad SMARTS) is 4. The second kappa shape index (κ2) is 8.81. The second-order valence-electron chi connectivity index (χ2n) is 9.99. The van der Waals surface area contributed by atoms with Gasteiger partial charge in [-0.05, 0) is 23.7 Å². The van der Waals surface area contributed by atoms with Crippen molar-refractivity contribution in [2.45, 2.75) is 77.8 Å². The average Bonchev–Trinajstić information content (AvgIpc) is 3.25. The molecule has 0 bridgehead atoms. The largest absolute Gasteiger partial charge is 0.489 e. The van der Waals surface area contributed by atoms with Crippen molar-refractivity contribution >= 4 is 37.9 Å². The summed E-state index contributed by atoms with van der Waals surface area (Å²) in [4.78, 5) is 50.0. The number of rotatable bonds is 9. The zero-order valence-corrected chi connectivity index (χ0v) is 20.5. The Hall–Kier alpha value is -2.15. The highest BCUT2D eigenvalue weighted by Crippen LogP contribution is 2.53. The van der Waals surface area contributed by atoms with Gasteiger partial charge in [-0.1, -0.05) is 55.4 Å². The third-order valence-corrected chi connectivity index (χ3v) is 7.06. The van der Waals surface area contributed by atoms with Gasteiger partial charge < -0.3 is 39.0 Å². The van der Waals surface area contributed by atoms with Crippen LogP contribution in [0.2, 0.25) is 0 Å². The maximum Gasteiger partial charge on any atom is 0.489 e. The van der Waals surface area contributed by atoms with E-state index in [4.69, 9.17) is 18.6 Å². The molecular weight excluding hydrogens is 454 g/mol. The first kappa shape index (κ1) is 28.1. The molecule has 0 spiro atoms. The molecule has 2 heterocycles. The van der Waals surface area contributed by atoms with Gasteiger partial charge in [-0.2, -0.15) is 0 Å². The normalized spacial score (nSPS) is 34.0. The summed E-state index contributed by atoms with van der Waals surface area (Å²) >= 11 is 0. The van der Waals surface area contributed by atoms with Crippen molar-refractivity contribution in [3.63, 3.8) is 0 Å². The first-order valence-corrected chi connectivity index (χ1v) is 11.1. The first-order valence-electron chi connectivity index (χ1n) is 11.1. The number of aliphatic carboxylic acids is 4. The van der Waals surface area contributed by atoms with Crippen LogP contribution in [0, 0.1) is 23.7 Å². The molecule has 14 heteroatoms. The van der Waals surface area contributed by atoms with Gasteiger partial charge in [0.25, 0.3) is 0 Å². The summed E-state index contributed by atoms with van der Waals surface area (Å²) in [7, 11) is -3.70. The molecule has 0 radical (unpaired) electrons.